The molecule has 0 spiro atoms. The molecular weight excluding hydrogens is 252 g/mol. The Labute approximate surface area is 120 Å². The number of carbonyl (C=O) groups excluding carboxylic acids is 1. The van der Waals surface area contributed by atoms with E-state index in [1.54, 1.807) is 0 Å². The van der Waals surface area contributed by atoms with Crippen molar-refractivity contribution in [1.29, 1.82) is 0 Å². The topological polar surface area (TPSA) is 59.0 Å². The molecule has 5 nitrogen and oxygen atoms in total. The van der Waals surface area contributed by atoms with E-state index in [-0.39, 0.29) is 5.91 Å². The summed E-state index contributed by atoms with van der Waals surface area (Å²) in [5, 5.41) is 6.28. The third-order valence-corrected chi connectivity index (χ3v) is 4.46. The van der Waals surface area contributed by atoms with Crippen LogP contribution in [-0.2, 0) is 6.54 Å². The van der Waals surface area contributed by atoms with Gasteiger partial charge < -0.3 is 15.2 Å². The van der Waals surface area contributed by atoms with Crippen LogP contribution in [-0.4, -0.2) is 28.5 Å². The van der Waals surface area contributed by atoms with E-state index >= 15 is 0 Å². The fourth-order valence-corrected chi connectivity index (χ4v) is 3.36. The van der Waals surface area contributed by atoms with Crippen molar-refractivity contribution >= 4 is 11.9 Å². The van der Waals surface area contributed by atoms with Gasteiger partial charge in [0.25, 0.3) is 5.91 Å². The molecule has 2 N–H and O–H groups in total. The molecule has 1 aliphatic heterocycles. The number of nitrogens with one attached hydrogen (secondary N) is 2. The molecule has 3 rings (SSSR count). The maximum atomic E-state index is 12.2. The zero-order valence-electron chi connectivity index (χ0n) is 12.2. The molecule has 5 heteroatoms. The third-order valence-electron chi connectivity index (χ3n) is 4.46. The van der Waals surface area contributed by atoms with Crippen LogP contribution in [0.15, 0.2) is 6.20 Å². The lowest BCUT2D eigenvalue weighted by Gasteiger charge is -2.26. The highest BCUT2D eigenvalue weighted by molar-refractivity contribution is 5.92. The van der Waals surface area contributed by atoms with Crippen LogP contribution in [0.25, 0.3) is 0 Å². The number of imidazole rings is 1. The number of amides is 1. The van der Waals surface area contributed by atoms with Crippen LogP contribution in [0.4, 0.5) is 5.95 Å². The normalized spacial score (nSPS) is 25.6. The fraction of sp³-hybridized carbons (Fsp3) is 0.733. The molecule has 1 amide bonds. The van der Waals surface area contributed by atoms with Gasteiger partial charge in [-0.05, 0) is 31.1 Å². The molecule has 2 atom stereocenters. The quantitative estimate of drug-likeness (QED) is 0.890. The van der Waals surface area contributed by atoms with Gasteiger partial charge in [0, 0.05) is 25.8 Å². The summed E-state index contributed by atoms with van der Waals surface area (Å²) in [7, 11) is 0. The molecule has 1 fully saturated rings. The second-order valence-corrected chi connectivity index (χ2v) is 6.27. The average molecular weight is 276 g/mol. The number of anilines is 1. The van der Waals surface area contributed by atoms with Gasteiger partial charge in [0.05, 0.1) is 0 Å². The highest BCUT2D eigenvalue weighted by Crippen LogP contribution is 2.28. The van der Waals surface area contributed by atoms with Crippen LogP contribution >= 0.6 is 0 Å². The summed E-state index contributed by atoms with van der Waals surface area (Å²) in [6.45, 7) is 4.99. The molecular formula is C15H24N4O. The van der Waals surface area contributed by atoms with Gasteiger partial charge in [-0.15, -0.1) is 0 Å². The van der Waals surface area contributed by atoms with E-state index in [2.05, 4.69) is 22.5 Å². The van der Waals surface area contributed by atoms with Crippen LogP contribution in [0, 0.1) is 11.8 Å². The maximum Gasteiger partial charge on any atom is 0.271 e. The lowest BCUT2D eigenvalue weighted by Crippen LogP contribution is -2.31. The van der Waals surface area contributed by atoms with Gasteiger partial charge in [-0.1, -0.05) is 19.8 Å². The molecule has 1 aromatic rings. The first-order chi connectivity index (χ1) is 9.72. The summed E-state index contributed by atoms with van der Waals surface area (Å²) in [6.07, 6.45) is 8.06. The van der Waals surface area contributed by atoms with E-state index in [0.717, 1.165) is 37.9 Å². The molecule has 0 bridgehead atoms. The third kappa shape index (κ3) is 2.97. The Balaban J connectivity index is 1.55. The Morgan fingerprint density at radius 3 is 3.20 bits per heavy atom. The van der Waals surface area contributed by atoms with Gasteiger partial charge in [0.1, 0.15) is 5.69 Å². The largest absolute Gasteiger partial charge is 0.356 e. The zero-order chi connectivity index (χ0) is 13.9. The van der Waals surface area contributed by atoms with Crippen LogP contribution in [0.2, 0.25) is 0 Å². The molecule has 0 aromatic carbocycles. The van der Waals surface area contributed by atoms with E-state index in [1.807, 2.05) is 10.8 Å². The van der Waals surface area contributed by atoms with Gasteiger partial charge in [-0.3, -0.25) is 4.79 Å². The molecule has 0 saturated heterocycles. The lowest BCUT2D eigenvalue weighted by atomic mass is 9.82. The summed E-state index contributed by atoms with van der Waals surface area (Å²) in [5.41, 5.74) is 0.540. The van der Waals surface area contributed by atoms with Crippen molar-refractivity contribution in [3.8, 4) is 0 Å². The monoisotopic (exact) mass is 276 g/mol. The van der Waals surface area contributed by atoms with Crippen molar-refractivity contribution in [2.45, 2.75) is 45.6 Å². The summed E-state index contributed by atoms with van der Waals surface area (Å²) in [6, 6.07) is 0. The number of nitrogens with zero attached hydrogens (tertiary/aromatic N) is 2. The summed E-state index contributed by atoms with van der Waals surface area (Å²) < 4.78 is 2.03. The Morgan fingerprint density at radius 1 is 1.50 bits per heavy atom. The number of carbonyl (C=O) groups is 1. The number of fused-ring (bicyclic) bond motifs is 1. The van der Waals surface area contributed by atoms with Crippen molar-refractivity contribution in [2.24, 2.45) is 11.8 Å². The van der Waals surface area contributed by atoms with E-state index in [9.17, 15) is 4.79 Å². The smallest absolute Gasteiger partial charge is 0.271 e. The Kier molecular flexibility index (Phi) is 3.94. The van der Waals surface area contributed by atoms with Crippen molar-refractivity contribution in [2.75, 3.05) is 18.4 Å². The second kappa shape index (κ2) is 5.85. The minimum absolute atomic E-state index is 0.0353. The SMILES string of the molecule is CC1CCCC(CNC(=O)c2cn3c(n2)NCCC3)C1. The van der Waals surface area contributed by atoms with Gasteiger partial charge in [0.2, 0.25) is 5.95 Å². The van der Waals surface area contributed by atoms with Gasteiger partial charge in [-0.25, -0.2) is 4.98 Å². The van der Waals surface area contributed by atoms with Gasteiger partial charge in [-0.2, -0.15) is 0 Å². The zero-order valence-corrected chi connectivity index (χ0v) is 12.2. The predicted molar refractivity (Wildman–Crippen MR) is 78.8 cm³/mol. The van der Waals surface area contributed by atoms with Crippen molar-refractivity contribution < 1.29 is 4.79 Å². The van der Waals surface area contributed by atoms with Crippen molar-refractivity contribution in [3.63, 3.8) is 0 Å². The van der Waals surface area contributed by atoms with E-state index < -0.39 is 0 Å². The number of hydrogen-bond donors (Lipinski definition) is 2. The first-order valence-corrected chi connectivity index (χ1v) is 7.81. The first-order valence-electron chi connectivity index (χ1n) is 7.81. The highest BCUT2D eigenvalue weighted by atomic mass is 16.1. The van der Waals surface area contributed by atoms with Crippen molar-refractivity contribution in [3.05, 3.63) is 11.9 Å². The number of aromatic nitrogens is 2. The summed E-state index contributed by atoms with van der Waals surface area (Å²) in [5.74, 6) is 2.23. The van der Waals surface area contributed by atoms with Crippen LogP contribution in [0.5, 0.6) is 0 Å². The first kappa shape index (κ1) is 13.5. The van der Waals surface area contributed by atoms with Gasteiger partial charge >= 0.3 is 0 Å². The van der Waals surface area contributed by atoms with E-state index in [1.165, 1.54) is 25.7 Å². The number of rotatable bonds is 3. The summed E-state index contributed by atoms with van der Waals surface area (Å²) >= 11 is 0. The Morgan fingerprint density at radius 2 is 2.40 bits per heavy atom. The lowest BCUT2D eigenvalue weighted by molar-refractivity contribution is 0.0936. The molecule has 2 unspecified atom stereocenters. The molecule has 1 saturated carbocycles. The number of hydrogen-bond acceptors (Lipinski definition) is 3. The average Bonchev–Trinajstić information content (AvgIpc) is 2.89. The van der Waals surface area contributed by atoms with E-state index in [4.69, 9.17) is 0 Å². The second-order valence-electron chi connectivity index (χ2n) is 6.27. The fourth-order valence-electron chi connectivity index (χ4n) is 3.36. The van der Waals surface area contributed by atoms with Crippen LogP contribution in [0.1, 0.15) is 49.5 Å². The molecule has 1 aromatic heterocycles. The van der Waals surface area contributed by atoms with Crippen LogP contribution in [0.3, 0.4) is 0 Å². The Hall–Kier alpha value is -1.52. The molecule has 20 heavy (non-hydrogen) atoms. The van der Waals surface area contributed by atoms with Crippen molar-refractivity contribution in [1.82, 2.24) is 14.9 Å². The Bertz CT molecular complexity index is 459. The maximum absolute atomic E-state index is 12.2. The predicted octanol–water partition coefficient (Wildman–Crippen LogP) is 2.25. The standard InChI is InChI=1S/C15H24N4O/c1-11-4-2-5-12(8-11)9-17-14(20)13-10-19-7-3-6-16-15(19)18-13/h10-12H,2-9H2,1H3,(H,16,18)(H,17,20). The number of aryl methyl sites for hydroxylation is 1. The minimum Gasteiger partial charge on any atom is -0.356 e. The van der Waals surface area contributed by atoms with E-state index in [0.29, 0.717) is 11.6 Å². The molecule has 2 aliphatic rings. The van der Waals surface area contributed by atoms with Gasteiger partial charge in [0.15, 0.2) is 0 Å². The molecule has 1 aliphatic carbocycles. The molecule has 110 valence electrons. The molecule has 0 radical (unpaired) electrons. The van der Waals surface area contributed by atoms with Crippen LogP contribution < -0.4 is 10.6 Å². The summed E-state index contributed by atoms with van der Waals surface area (Å²) in [4.78, 5) is 16.5. The molecule has 2 heterocycles. The highest BCUT2D eigenvalue weighted by Gasteiger charge is 2.21. The minimum atomic E-state index is -0.0353.